The van der Waals surface area contributed by atoms with E-state index < -0.39 is 0 Å². The Morgan fingerprint density at radius 2 is 0.657 bits per heavy atom. The van der Waals surface area contributed by atoms with E-state index in [1.54, 1.807) is 18.2 Å². The Balaban J connectivity index is 1.48. The fraction of sp³-hybridized carbons (Fsp3) is 0.0426. The first-order valence-corrected chi connectivity index (χ1v) is 20.8. The van der Waals surface area contributed by atoms with E-state index in [0.717, 1.165) is 22.5 Å². The third-order valence-electron chi connectivity index (χ3n) is 12.9. The van der Waals surface area contributed by atoms with E-state index in [-0.39, 0.29) is 109 Å². The number of nitrogens with zero attached hydrogens (tertiary/aromatic N) is 2. The number of imidazole rings is 1. The molecule has 9 aromatic rings. The van der Waals surface area contributed by atoms with Crippen LogP contribution in [0.25, 0.3) is 82.8 Å². The van der Waals surface area contributed by atoms with E-state index in [0.29, 0.717) is 61.3 Å². The number of para-hydroxylation sites is 2. The van der Waals surface area contributed by atoms with Crippen LogP contribution in [0.15, 0.2) is 66.7 Å². The van der Waals surface area contributed by atoms with Gasteiger partial charge in [-0.25, -0.2) is 4.98 Å². The molecule has 0 saturated heterocycles. The molecule has 9 rings (SSSR count). The van der Waals surface area contributed by atoms with Crippen molar-refractivity contribution in [3.8, 4) is 50.2 Å². The summed E-state index contributed by atoms with van der Waals surface area (Å²) in [5.74, 6) is 0.872. The lowest BCUT2D eigenvalue weighted by Gasteiger charge is -2.29. The lowest BCUT2D eigenvalue weighted by molar-refractivity contribution is 0.908. The van der Waals surface area contributed by atoms with Crippen LogP contribution >= 0.6 is 0 Å². The summed E-state index contributed by atoms with van der Waals surface area (Å²) in [6.07, 6.45) is 0.680. The molecule has 0 amide bonds. The van der Waals surface area contributed by atoms with Crippen molar-refractivity contribution < 1.29 is 0 Å². The van der Waals surface area contributed by atoms with Gasteiger partial charge in [-0.15, -0.1) is 54.6 Å². The van der Waals surface area contributed by atoms with Crippen molar-refractivity contribution in [1.29, 1.82) is 0 Å². The summed E-state index contributed by atoms with van der Waals surface area (Å²) in [5.41, 5.74) is 5.97. The number of aryl methyl sites for hydroxylation is 1. The maximum Gasteiger partial charge on any atom is 0.114 e. The summed E-state index contributed by atoms with van der Waals surface area (Å²) < 4.78 is 2.10. The fourth-order valence-electron chi connectivity index (χ4n) is 9.28. The van der Waals surface area contributed by atoms with E-state index in [1.807, 2.05) is 55.5 Å². The van der Waals surface area contributed by atoms with E-state index >= 15 is 0 Å². The van der Waals surface area contributed by atoms with Crippen LogP contribution in [0, 0.1) is 0 Å². The Hall–Kier alpha value is -5.08. The van der Waals surface area contributed by atoms with Gasteiger partial charge < -0.3 is 0 Å². The molecule has 36 radical (unpaired) electrons. The first-order chi connectivity index (χ1) is 31.7. The van der Waals surface area contributed by atoms with Crippen LogP contribution in [0.3, 0.4) is 0 Å². The predicted octanol–water partition coefficient (Wildman–Crippen LogP) is -9.15. The van der Waals surface area contributed by atoms with Crippen LogP contribution in [0.5, 0.6) is 0 Å². The summed E-state index contributed by atoms with van der Waals surface area (Å²) in [7, 11) is 120. The molecule has 0 bridgehead atoms. The van der Waals surface area contributed by atoms with Gasteiger partial charge in [-0.2, -0.15) is 0 Å². The van der Waals surface area contributed by atoms with Crippen molar-refractivity contribution in [2.45, 2.75) is 13.3 Å². The third kappa shape index (κ3) is 6.99. The summed E-state index contributed by atoms with van der Waals surface area (Å²) in [6.45, 7) is 2.05. The van der Waals surface area contributed by atoms with Gasteiger partial charge >= 0.3 is 0 Å². The van der Waals surface area contributed by atoms with E-state index in [9.17, 15) is 0 Å². The van der Waals surface area contributed by atoms with Crippen molar-refractivity contribution in [1.82, 2.24) is 9.55 Å². The highest BCUT2D eigenvalue weighted by molar-refractivity contribution is 6.73. The van der Waals surface area contributed by atoms with Crippen LogP contribution < -0.4 is 98.3 Å². The molecule has 268 valence electrons. The monoisotopic (exact) mass is 806 g/mol. The average Bonchev–Trinajstić information content (AvgIpc) is 3.71. The van der Waals surface area contributed by atoms with Crippen molar-refractivity contribution in [3.63, 3.8) is 0 Å². The Morgan fingerprint density at radius 1 is 0.343 bits per heavy atom. The number of aromatic nitrogens is 2. The molecule has 0 atom stereocenters. The first-order valence-electron chi connectivity index (χ1n) is 20.8. The highest BCUT2D eigenvalue weighted by Crippen LogP contribution is 2.42. The zero-order valence-electron chi connectivity index (χ0n) is 36.3. The Bertz CT molecular complexity index is 3430. The molecule has 0 unspecified atom stereocenters. The van der Waals surface area contributed by atoms with Gasteiger partial charge in [0.1, 0.15) is 147 Å². The smallest absolute Gasteiger partial charge is 0.114 e. The average molecular weight is 803 g/mol. The number of hydrogen-bond donors (Lipinski definition) is 0. The lowest BCUT2D eigenvalue weighted by Crippen LogP contribution is -2.55. The van der Waals surface area contributed by atoms with Crippen LogP contribution in [0.1, 0.15) is 12.7 Å². The number of rotatable bonds is 6. The Labute approximate surface area is 415 Å². The minimum atomic E-state index is -0.00685. The molecule has 0 saturated carbocycles. The molecule has 1 heterocycles. The molecule has 0 spiro atoms. The Morgan fingerprint density at radius 3 is 1.03 bits per heavy atom. The summed E-state index contributed by atoms with van der Waals surface area (Å²) in [6, 6.07) is 20.8. The molecule has 20 heteroatoms. The molecule has 1 aromatic heterocycles. The van der Waals surface area contributed by atoms with Crippen molar-refractivity contribution in [2.24, 2.45) is 0 Å². The summed E-state index contributed by atoms with van der Waals surface area (Å²) in [5, 5.41) is 1.36. The van der Waals surface area contributed by atoms with Gasteiger partial charge in [-0.05, 0) is 109 Å². The normalized spacial score (nSPS) is 11.6. The molecular weight excluding hydrogens is 787 g/mol. The van der Waals surface area contributed by atoms with Gasteiger partial charge in [0.05, 0.1) is 11.0 Å². The van der Waals surface area contributed by atoms with E-state index in [4.69, 9.17) is 146 Å². The second-order valence-corrected chi connectivity index (χ2v) is 16.5. The van der Waals surface area contributed by atoms with Gasteiger partial charge in [0.15, 0.2) is 0 Å². The van der Waals surface area contributed by atoms with E-state index in [1.165, 1.54) is 0 Å². The number of fused-ring (bicyclic) bond motifs is 3. The van der Waals surface area contributed by atoms with Gasteiger partial charge in [0.25, 0.3) is 0 Å². The SMILES string of the molecule is [B]c1c([B])c([B])c(-c2cc(-c3c([B])c([B])c([B])c([B])c3[B])cc(-c3c4c([B])c([B])c([B])c([B])c4c(-c4ccc(-n5c(CC)nc6ccccc65)cc4)c4c([B])c([B])c([B])c([B])c34)c2)c([B])c1[B]. The second-order valence-electron chi connectivity index (χ2n) is 16.5. The van der Waals surface area contributed by atoms with Crippen molar-refractivity contribution >= 4 is 272 Å². The van der Waals surface area contributed by atoms with Gasteiger partial charge in [-0.3, -0.25) is 4.57 Å². The summed E-state index contributed by atoms with van der Waals surface area (Å²) >= 11 is 0. The van der Waals surface area contributed by atoms with Crippen LogP contribution in [-0.2, 0) is 6.42 Å². The lowest BCUT2D eigenvalue weighted by atomic mass is 9.58. The standard InChI is InChI=1S/C47H16B18N2/c1-2-21-66-19-5-3-4-6-20(19)67(21)18-9-7-14(8-10-18)22-26-28(36(54)44(62)42(60)34(26)52)23(29-27(22)35(53)43(61)45(63)37(29)55)15-11-16(24-30(48)38(56)46(64)39(57)31(24)49)13-17(12-15)25-32(50)40(58)47(65)41(59)33(25)51/h3-13H,2H2,1H3. The molecule has 0 fully saturated rings. The topological polar surface area (TPSA) is 17.8 Å². The molecule has 2 nitrogen and oxygen atoms in total. The zero-order valence-corrected chi connectivity index (χ0v) is 36.3. The number of benzene rings is 8. The van der Waals surface area contributed by atoms with Crippen molar-refractivity contribution in [3.05, 3.63) is 72.6 Å². The predicted molar refractivity (Wildman–Crippen MR) is 304 cm³/mol. The maximum atomic E-state index is 7.13. The molecular formula is C47H16B18N2. The van der Waals surface area contributed by atoms with E-state index in [2.05, 4.69) is 4.57 Å². The summed E-state index contributed by atoms with van der Waals surface area (Å²) in [4.78, 5) is 4.87. The van der Waals surface area contributed by atoms with Crippen molar-refractivity contribution in [2.75, 3.05) is 0 Å². The first kappa shape index (κ1) is 47.0. The minimum absolute atomic E-state index is 0.000106. The van der Waals surface area contributed by atoms with Gasteiger partial charge in [-0.1, -0.05) is 74.9 Å². The molecule has 0 aliphatic heterocycles. The molecule has 8 aromatic carbocycles. The third-order valence-corrected chi connectivity index (χ3v) is 12.9. The highest BCUT2D eigenvalue weighted by Gasteiger charge is 2.27. The second kappa shape index (κ2) is 17.2. The highest BCUT2D eigenvalue weighted by atomic mass is 15.1. The minimum Gasteiger partial charge on any atom is -0.296 e. The van der Waals surface area contributed by atoms with Crippen LogP contribution in [-0.4, -0.2) is 151 Å². The molecule has 0 aliphatic rings. The van der Waals surface area contributed by atoms with Gasteiger partial charge in [0, 0.05) is 12.1 Å². The molecule has 0 N–H and O–H groups in total. The van der Waals surface area contributed by atoms with Crippen LogP contribution in [0.2, 0.25) is 0 Å². The number of hydrogen-bond acceptors (Lipinski definition) is 1. The zero-order chi connectivity index (χ0) is 48.4. The quantitative estimate of drug-likeness (QED) is 0.121. The fourth-order valence-corrected chi connectivity index (χ4v) is 9.28. The van der Waals surface area contributed by atoms with Gasteiger partial charge in [0.2, 0.25) is 0 Å². The van der Waals surface area contributed by atoms with Crippen LogP contribution in [0.4, 0.5) is 0 Å². The maximum absolute atomic E-state index is 7.13. The largest absolute Gasteiger partial charge is 0.296 e. The molecule has 0 aliphatic carbocycles. The Kier molecular flexibility index (Phi) is 12.0. The molecule has 67 heavy (non-hydrogen) atoms.